The standard InChI is InChI=1S/C61H108O6/c1-4-7-10-13-16-19-22-24-25-26-27-28-29-30-31-32-33-34-35-37-39-42-45-48-51-54-60(63)66-57-58(56-65-59(62)53-50-47-44-41-38-21-18-15-12-9-6-3)67-61(64)55-52-49-46-43-40-36-23-20-17-14-11-8-5-2/h11,14,20,22-24,26-27,29-30,58H,4-10,12-13,15-19,21,25,28,31-57H2,1-3H3/b14-11-,23-20-,24-22-,27-26-,30-29-. The molecule has 1 atom stereocenters. The van der Waals surface area contributed by atoms with Crippen molar-refractivity contribution >= 4 is 17.9 Å². The normalized spacial score (nSPS) is 12.5. The maximum absolute atomic E-state index is 12.8. The predicted molar refractivity (Wildman–Crippen MR) is 288 cm³/mol. The first-order valence-corrected chi connectivity index (χ1v) is 28.8. The van der Waals surface area contributed by atoms with Crippen molar-refractivity contribution in [1.82, 2.24) is 0 Å². The van der Waals surface area contributed by atoms with E-state index >= 15 is 0 Å². The van der Waals surface area contributed by atoms with Gasteiger partial charge in [-0.3, -0.25) is 14.4 Å². The first kappa shape index (κ1) is 64.1. The van der Waals surface area contributed by atoms with Gasteiger partial charge in [0, 0.05) is 19.3 Å². The van der Waals surface area contributed by atoms with Gasteiger partial charge in [0.25, 0.3) is 0 Å². The van der Waals surface area contributed by atoms with Crippen LogP contribution < -0.4 is 0 Å². The molecular formula is C61H108O6. The van der Waals surface area contributed by atoms with Crippen LogP contribution in [-0.2, 0) is 28.6 Å². The van der Waals surface area contributed by atoms with Crippen molar-refractivity contribution in [3.05, 3.63) is 60.8 Å². The fourth-order valence-corrected chi connectivity index (χ4v) is 8.14. The molecule has 0 saturated carbocycles. The lowest BCUT2D eigenvalue weighted by atomic mass is 10.1. The lowest BCUT2D eigenvalue weighted by Gasteiger charge is -2.18. The third kappa shape index (κ3) is 53.9. The van der Waals surface area contributed by atoms with Gasteiger partial charge < -0.3 is 14.2 Å². The van der Waals surface area contributed by atoms with Gasteiger partial charge in [-0.1, -0.05) is 248 Å². The molecule has 0 aromatic carbocycles. The molecule has 388 valence electrons. The molecular weight excluding hydrogens is 829 g/mol. The molecule has 0 N–H and O–H groups in total. The Morgan fingerprint density at radius 3 is 0.896 bits per heavy atom. The number of hydrogen-bond acceptors (Lipinski definition) is 6. The van der Waals surface area contributed by atoms with Gasteiger partial charge in [0.15, 0.2) is 6.10 Å². The van der Waals surface area contributed by atoms with Gasteiger partial charge in [-0.15, -0.1) is 0 Å². The van der Waals surface area contributed by atoms with E-state index in [2.05, 4.69) is 81.5 Å². The third-order valence-corrected chi connectivity index (χ3v) is 12.5. The number of rotatable bonds is 52. The second kappa shape index (κ2) is 55.7. The van der Waals surface area contributed by atoms with Gasteiger partial charge in [0.05, 0.1) is 0 Å². The van der Waals surface area contributed by atoms with E-state index in [1.807, 2.05) is 0 Å². The molecule has 0 spiro atoms. The average Bonchev–Trinajstić information content (AvgIpc) is 3.33. The molecule has 0 aliphatic heterocycles. The summed E-state index contributed by atoms with van der Waals surface area (Å²) >= 11 is 0. The number of esters is 3. The molecule has 0 aliphatic carbocycles. The maximum Gasteiger partial charge on any atom is 0.306 e. The zero-order valence-electron chi connectivity index (χ0n) is 44.4. The van der Waals surface area contributed by atoms with Crippen LogP contribution in [0.3, 0.4) is 0 Å². The molecule has 0 aliphatic rings. The fraction of sp³-hybridized carbons (Fsp3) is 0.787. The second-order valence-electron chi connectivity index (χ2n) is 19.2. The van der Waals surface area contributed by atoms with E-state index in [1.165, 1.54) is 148 Å². The molecule has 0 heterocycles. The Morgan fingerprint density at radius 1 is 0.299 bits per heavy atom. The van der Waals surface area contributed by atoms with Crippen LogP contribution in [0.5, 0.6) is 0 Å². The van der Waals surface area contributed by atoms with Crippen molar-refractivity contribution < 1.29 is 28.6 Å². The van der Waals surface area contributed by atoms with Crippen LogP contribution in [0.1, 0.15) is 290 Å². The molecule has 0 aromatic rings. The first-order valence-electron chi connectivity index (χ1n) is 28.8. The van der Waals surface area contributed by atoms with Crippen molar-refractivity contribution in [1.29, 1.82) is 0 Å². The molecule has 6 nitrogen and oxygen atoms in total. The fourth-order valence-electron chi connectivity index (χ4n) is 8.14. The summed E-state index contributed by atoms with van der Waals surface area (Å²) in [6.45, 7) is 6.56. The van der Waals surface area contributed by atoms with Gasteiger partial charge in [0.1, 0.15) is 13.2 Å². The monoisotopic (exact) mass is 937 g/mol. The molecule has 0 fully saturated rings. The number of carbonyl (C=O) groups is 3. The quantitative estimate of drug-likeness (QED) is 0.0262. The van der Waals surface area contributed by atoms with Crippen molar-refractivity contribution in [2.45, 2.75) is 297 Å². The highest BCUT2D eigenvalue weighted by Gasteiger charge is 2.19. The second-order valence-corrected chi connectivity index (χ2v) is 19.2. The predicted octanol–water partition coefficient (Wildman–Crippen LogP) is 19.2. The highest BCUT2D eigenvalue weighted by molar-refractivity contribution is 5.71. The van der Waals surface area contributed by atoms with Crippen LogP contribution in [0.15, 0.2) is 60.8 Å². The molecule has 1 unspecified atom stereocenters. The van der Waals surface area contributed by atoms with E-state index in [1.54, 1.807) is 0 Å². The van der Waals surface area contributed by atoms with Crippen LogP contribution in [0.25, 0.3) is 0 Å². The largest absolute Gasteiger partial charge is 0.462 e. The zero-order valence-corrected chi connectivity index (χ0v) is 44.4. The summed E-state index contributed by atoms with van der Waals surface area (Å²) < 4.78 is 16.8. The molecule has 0 saturated heterocycles. The molecule has 0 radical (unpaired) electrons. The van der Waals surface area contributed by atoms with Gasteiger partial charge in [0.2, 0.25) is 0 Å². The van der Waals surface area contributed by atoms with Gasteiger partial charge in [-0.25, -0.2) is 0 Å². The smallest absolute Gasteiger partial charge is 0.306 e. The Morgan fingerprint density at radius 2 is 0.567 bits per heavy atom. The molecule has 0 rings (SSSR count). The van der Waals surface area contributed by atoms with Crippen LogP contribution in [-0.4, -0.2) is 37.2 Å². The maximum atomic E-state index is 12.8. The molecule has 0 bridgehead atoms. The van der Waals surface area contributed by atoms with E-state index in [-0.39, 0.29) is 31.1 Å². The minimum absolute atomic E-state index is 0.0789. The van der Waals surface area contributed by atoms with E-state index < -0.39 is 6.10 Å². The van der Waals surface area contributed by atoms with Gasteiger partial charge in [-0.2, -0.15) is 0 Å². The Hall–Kier alpha value is -2.89. The minimum atomic E-state index is -0.780. The molecule has 67 heavy (non-hydrogen) atoms. The third-order valence-electron chi connectivity index (χ3n) is 12.5. The van der Waals surface area contributed by atoms with E-state index in [0.29, 0.717) is 19.3 Å². The average molecular weight is 938 g/mol. The molecule has 0 aromatic heterocycles. The number of carbonyl (C=O) groups excluding carboxylic acids is 3. The highest BCUT2D eigenvalue weighted by Crippen LogP contribution is 2.16. The lowest BCUT2D eigenvalue weighted by Crippen LogP contribution is -2.30. The lowest BCUT2D eigenvalue weighted by molar-refractivity contribution is -0.167. The summed E-state index contributed by atoms with van der Waals surface area (Å²) in [5.74, 6) is -0.889. The summed E-state index contributed by atoms with van der Waals surface area (Å²) in [5, 5.41) is 0. The van der Waals surface area contributed by atoms with E-state index in [4.69, 9.17) is 14.2 Å². The van der Waals surface area contributed by atoms with Crippen LogP contribution in [0, 0.1) is 0 Å². The molecule has 0 amide bonds. The number of ether oxygens (including phenoxy) is 3. The van der Waals surface area contributed by atoms with Crippen molar-refractivity contribution in [2.24, 2.45) is 0 Å². The summed E-state index contributed by atoms with van der Waals surface area (Å²) in [6, 6.07) is 0. The summed E-state index contributed by atoms with van der Waals surface area (Å²) in [5.41, 5.74) is 0. The Kier molecular flexibility index (Phi) is 53.3. The Bertz CT molecular complexity index is 1210. The first-order chi connectivity index (χ1) is 33.0. The highest BCUT2D eigenvalue weighted by atomic mass is 16.6. The summed E-state index contributed by atoms with van der Waals surface area (Å²) in [4.78, 5) is 38.0. The van der Waals surface area contributed by atoms with Crippen molar-refractivity contribution in [2.75, 3.05) is 13.2 Å². The SMILES string of the molecule is CCC/C=C\C/C=C\CCCCCCCC(=O)OC(COC(=O)CCCCCCCCCCCCC)COC(=O)CCCCCCCCCCCC/C=C\C/C=C\C/C=C\CCCCCCC. The van der Waals surface area contributed by atoms with E-state index in [9.17, 15) is 14.4 Å². The van der Waals surface area contributed by atoms with Crippen LogP contribution >= 0.6 is 0 Å². The van der Waals surface area contributed by atoms with Crippen molar-refractivity contribution in [3.63, 3.8) is 0 Å². The minimum Gasteiger partial charge on any atom is -0.462 e. The number of hydrogen-bond donors (Lipinski definition) is 0. The summed E-state index contributed by atoms with van der Waals surface area (Å²) in [6.07, 6.45) is 69.3. The Balaban J connectivity index is 4.24. The van der Waals surface area contributed by atoms with Gasteiger partial charge in [-0.05, 0) is 83.5 Å². The van der Waals surface area contributed by atoms with Crippen molar-refractivity contribution in [3.8, 4) is 0 Å². The van der Waals surface area contributed by atoms with Gasteiger partial charge >= 0.3 is 17.9 Å². The topological polar surface area (TPSA) is 78.9 Å². The summed E-state index contributed by atoms with van der Waals surface area (Å²) in [7, 11) is 0. The number of unbranched alkanes of at least 4 members (excludes halogenated alkanes) is 31. The van der Waals surface area contributed by atoms with Crippen LogP contribution in [0.2, 0.25) is 0 Å². The zero-order chi connectivity index (χ0) is 48.6. The molecule has 6 heteroatoms. The van der Waals surface area contributed by atoms with Crippen LogP contribution in [0.4, 0.5) is 0 Å². The number of allylic oxidation sites excluding steroid dienone is 10. The Labute approximate surface area is 415 Å². The van der Waals surface area contributed by atoms with E-state index in [0.717, 1.165) is 103 Å².